The van der Waals surface area contributed by atoms with E-state index in [2.05, 4.69) is 31.0 Å². The van der Waals surface area contributed by atoms with Crippen LogP contribution in [0.3, 0.4) is 0 Å². The molecule has 4 N–H and O–H groups in total. The molecule has 14 heteroatoms. The molecule has 4 aromatic rings. The molecule has 0 bridgehead atoms. The monoisotopic (exact) mass is 688 g/mol. The first-order chi connectivity index (χ1) is 23.5. The molecule has 0 saturated heterocycles. The SMILES string of the molecule is CC(C)(C)OC(=O)NC1CC2(C1)CC(c1n[nH]c(=O)n3cccc13)C2.CC(C)(C)OC(=O)NC1CC2(C1)CC(c1n[nH]c(=O)n3cccc13)C2. The minimum atomic E-state index is -0.467. The summed E-state index contributed by atoms with van der Waals surface area (Å²) >= 11 is 0. The summed E-state index contributed by atoms with van der Waals surface area (Å²) in [7, 11) is 0. The van der Waals surface area contributed by atoms with E-state index in [9.17, 15) is 19.2 Å². The Labute approximate surface area is 289 Å². The van der Waals surface area contributed by atoms with Crippen molar-refractivity contribution in [1.82, 2.24) is 39.8 Å². The van der Waals surface area contributed by atoms with Gasteiger partial charge in [0.05, 0.1) is 22.4 Å². The van der Waals surface area contributed by atoms with Gasteiger partial charge in [0, 0.05) is 36.3 Å². The molecule has 0 aromatic carbocycles. The molecule has 4 aromatic heterocycles. The van der Waals surface area contributed by atoms with Crippen LogP contribution in [0.5, 0.6) is 0 Å². The molecule has 4 saturated carbocycles. The van der Waals surface area contributed by atoms with Crippen molar-refractivity contribution in [2.45, 2.75) is 128 Å². The van der Waals surface area contributed by atoms with Gasteiger partial charge in [0.1, 0.15) is 11.2 Å². The average molecular weight is 689 g/mol. The summed E-state index contributed by atoms with van der Waals surface area (Å²) in [6, 6.07) is 8.02. The Morgan fingerprint density at radius 3 is 1.38 bits per heavy atom. The van der Waals surface area contributed by atoms with Gasteiger partial charge < -0.3 is 20.1 Å². The standard InChI is InChI=1S/2C18H24N4O3/c2*1-17(2,3)25-16(24)19-12-9-18(10-12)7-11(8-18)14-13-5-4-6-22(13)15(23)21-20-14/h2*4-6,11-12H,7-10H2,1-3H3,(H,19,24)(H,21,23). The highest BCUT2D eigenvalue weighted by Crippen LogP contribution is 2.63. The fourth-order valence-electron chi connectivity index (χ4n) is 8.72. The summed E-state index contributed by atoms with van der Waals surface area (Å²) in [5.41, 5.74) is 3.01. The van der Waals surface area contributed by atoms with Gasteiger partial charge in [0.15, 0.2) is 0 Å². The number of aromatic amines is 2. The van der Waals surface area contributed by atoms with Crippen LogP contribution in [0.2, 0.25) is 0 Å². The van der Waals surface area contributed by atoms with Crippen LogP contribution in [0.25, 0.3) is 11.0 Å². The van der Waals surface area contributed by atoms with Gasteiger partial charge in [-0.2, -0.15) is 10.2 Å². The van der Waals surface area contributed by atoms with E-state index in [1.807, 2.05) is 65.8 Å². The number of carbonyl (C=O) groups is 2. The van der Waals surface area contributed by atoms with Gasteiger partial charge in [-0.3, -0.25) is 8.80 Å². The molecule has 14 nitrogen and oxygen atoms in total. The van der Waals surface area contributed by atoms with E-state index in [1.54, 1.807) is 21.2 Å². The smallest absolute Gasteiger partial charge is 0.407 e. The van der Waals surface area contributed by atoms with Crippen LogP contribution in [-0.4, -0.2) is 64.7 Å². The number of hydrogen-bond donors (Lipinski definition) is 4. The summed E-state index contributed by atoms with van der Waals surface area (Å²) in [5, 5.41) is 19.6. The number of alkyl carbamates (subject to hydrolysis) is 2. The van der Waals surface area contributed by atoms with Crippen molar-refractivity contribution in [2.24, 2.45) is 10.8 Å². The van der Waals surface area contributed by atoms with Crippen molar-refractivity contribution in [3.63, 3.8) is 0 Å². The lowest BCUT2D eigenvalue weighted by molar-refractivity contribution is -0.0267. The van der Waals surface area contributed by atoms with Crippen LogP contribution in [-0.2, 0) is 9.47 Å². The number of amides is 2. The second kappa shape index (κ2) is 12.0. The van der Waals surface area contributed by atoms with Gasteiger partial charge in [-0.1, -0.05) is 0 Å². The Kier molecular flexibility index (Phi) is 8.13. The number of nitrogens with one attached hydrogen (secondary N) is 4. The molecule has 0 radical (unpaired) electrons. The maximum Gasteiger partial charge on any atom is 0.407 e. The minimum absolute atomic E-state index is 0.202. The molecule has 8 rings (SSSR count). The summed E-state index contributed by atoms with van der Waals surface area (Å²) in [5.74, 6) is 0.744. The predicted molar refractivity (Wildman–Crippen MR) is 185 cm³/mol. The molecular weight excluding hydrogens is 640 g/mol. The van der Waals surface area contributed by atoms with Gasteiger partial charge in [-0.25, -0.2) is 29.4 Å². The molecule has 4 fully saturated rings. The molecule has 2 amide bonds. The fourth-order valence-corrected chi connectivity index (χ4v) is 8.72. The molecule has 0 atom stereocenters. The van der Waals surface area contributed by atoms with Crippen molar-refractivity contribution in [3.8, 4) is 0 Å². The van der Waals surface area contributed by atoms with Crippen molar-refractivity contribution in [2.75, 3.05) is 0 Å². The third kappa shape index (κ3) is 6.76. The fraction of sp³-hybridized carbons (Fsp3) is 0.611. The Balaban J connectivity index is 0.000000157. The quantitative estimate of drug-likeness (QED) is 0.228. The zero-order valence-corrected chi connectivity index (χ0v) is 29.7. The first-order valence-corrected chi connectivity index (χ1v) is 17.6. The maximum atomic E-state index is 11.8. The lowest BCUT2D eigenvalue weighted by Crippen LogP contribution is -2.56. The van der Waals surface area contributed by atoms with E-state index in [0.29, 0.717) is 22.7 Å². The van der Waals surface area contributed by atoms with Crippen molar-refractivity contribution < 1.29 is 19.1 Å². The Bertz CT molecular complexity index is 1870. The van der Waals surface area contributed by atoms with E-state index in [0.717, 1.165) is 73.8 Å². The highest BCUT2D eigenvalue weighted by Gasteiger charge is 2.55. The maximum absolute atomic E-state index is 11.8. The first-order valence-electron chi connectivity index (χ1n) is 17.6. The normalized spacial score (nSPS) is 28.4. The second-order valence-corrected chi connectivity index (χ2v) is 17.1. The molecule has 4 aliphatic rings. The van der Waals surface area contributed by atoms with Gasteiger partial charge in [0.25, 0.3) is 0 Å². The number of rotatable bonds is 4. The van der Waals surface area contributed by atoms with Crippen molar-refractivity contribution in [3.05, 3.63) is 69.0 Å². The zero-order valence-electron chi connectivity index (χ0n) is 29.7. The summed E-state index contributed by atoms with van der Waals surface area (Å²) in [6.07, 6.45) is 11.0. The van der Waals surface area contributed by atoms with Gasteiger partial charge >= 0.3 is 23.6 Å². The molecule has 4 aliphatic carbocycles. The highest BCUT2D eigenvalue weighted by molar-refractivity contribution is 5.69. The number of hydrogen-bond acceptors (Lipinski definition) is 8. The van der Waals surface area contributed by atoms with E-state index in [-0.39, 0.29) is 35.6 Å². The molecule has 4 heterocycles. The van der Waals surface area contributed by atoms with Crippen molar-refractivity contribution >= 4 is 23.2 Å². The molecule has 268 valence electrons. The molecule has 0 aliphatic heterocycles. The van der Waals surface area contributed by atoms with E-state index in [4.69, 9.17) is 9.47 Å². The Morgan fingerprint density at radius 2 is 1.04 bits per heavy atom. The van der Waals surface area contributed by atoms with E-state index in [1.165, 1.54) is 0 Å². The highest BCUT2D eigenvalue weighted by atomic mass is 16.6. The average Bonchev–Trinajstić information content (AvgIpc) is 3.61. The van der Waals surface area contributed by atoms with Crippen LogP contribution < -0.4 is 22.0 Å². The topological polar surface area (TPSA) is 177 Å². The van der Waals surface area contributed by atoms with Crippen LogP contribution in [0.1, 0.15) is 116 Å². The van der Waals surface area contributed by atoms with E-state index < -0.39 is 11.2 Å². The molecule has 0 unspecified atom stereocenters. The lowest BCUT2D eigenvalue weighted by Gasteiger charge is -2.57. The lowest BCUT2D eigenvalue weighted by atomic mass is 9.49. The number of aromatic nitrogens is 6. The summed E-state index contributed by atoms with van der Waals surface area (Å²) in [4.78, 5) is 47.2. The number of nitrogens with zero attached hydrogens (tertiary/aromatic N) is 4. The predicted octanol–water partition coefficient (Wildman–Crippen LogP) is 5.15. The second-order valence-electron chi connectivity index (χ2n) is 17.1. The summed E-state index contributed by atoms with van der Waals surface area (Å²) < 4.78 is 13.8. The third-order valence-electron chi connectivity index (χ3n) is 10.7. The van der Waals surface area contributed by atoms with Gasteiger partial charge in [-0.15, -0.1) is 0 Å². The molecule has 50 heavy (non-hydrogen) atoms. The molecular formula is C36H48N8O6. The number of fused-ring (bicyclic) bond motifs is 2. The molecule has 2 spiro atoms. The Hall–Kier alpha value is -4.62. The van der Waals surface area contributed by atoms with Crippen molar-refractivity contribution in [1.29, 1.82) is 0 Å². The zero-order chi connectivity index (χ0) is 35.6. The first kappa shape index (κ1) is 33.9. The van der Waals surface area contributed by atoms with Crippen LogP contribution in [0.4, 0.5) is 9.59 Å². The Morgan fingerprint density at radius 1 is 0.680 bits per heavy atom. The van der Waals surface area contributed by atoms with Crippen LogP contribution >= 0.6 is 0 Å². The minimum Gasteiger partial charge on any atom is -0.444 e. The number of carbonyl (C=O) groups excluding carboxylic acids is 2. The van der Waals surface area contributed by atoms with E-state index >= 15 is 0 Å². The number of ether oxygens (including phenoxy) is 2. The van der Waals surface area contributed by atoms with Gasteiger partial charge in [-0.05, 0) is 128 Å². The summed E-state index contributed by atoms with van der Waals surface area (Å²) in [6.45, 7) is 11.2. The van der Waals surface area contributed by atoms with Gasteiger partial charge in [0.2, 0.25) is 0 Å². The van der Waals surface area contributed by atoms with Crippen LogP contribution in [0, 0.1) is 10.8 Å². The number of H-pyrrole nitrogens is 2. The van der Waals surface area contributed by atoms with Crippen LogP contribution in [0.15, 0.2) is 46.2 Å². The largest absolute Gasteiger partial charge is 0.444 e. The third-order valence-corrected chi connectivity index (χ3v) is 10.7.